The van der Waals surface area contributed by atoms with Gasteiger partial charge in [-0.2, -0.15) is 0 Å². The van der Waals surface area contributed by atoms with E-state index in [-0.39, 0.29) is 5.75 Å². The summed E-state index contributed by atoms with van der Waals surface area (Å²) in [5.74, 6) is 0.242. The van der Waals surface area contributed by atoms with Crippen molar-refractivity contribution < 1.29 is 5.11 Å². The summed E-state index contributed by atoms with van der Waals surface area (Å²) in [6.45, 7) is 4.16. The zero-order valence-electron chi connectivity index (χ0n) is 9.62. The van der Waals surface area contributed by atoms with Gasteiger partial charge in [-0.15, -0.1) is 0 Å². The molecule has 2 rings (SSSR count). The molecule has 0 aliphatic carbocycles. The zero-order valence-corrected chi connectivity index (χ0v) is 10.4. The van der Waals surface area contributed by atoms with Crippen LogP contribution in [0.15, 0.2) is 18.2 Å². The fourth-order valence-corrected chi connectivity index (χ4v) is 2.67. The third-order valence-electron chi connectivity index (χ3n) is 3.41. The van der Waals surface area contributed by atoms with E-state index in [1.54, 1.807) is 6.07 Å². The van der Waals surface area contributed by atoms with Crippen LogP contribution in [0, 0.1) is 0 Å². The van der Waals surface area contributed by atoms with Crippen molar-refractivity contribution in [2.75, 3.05) is 6.54 Å². The summed E-state index contributed by atoms with van der Waals surface area (Å²) in [6.07, 6.45) is 3.72. The summed E-state index contributed by atoms with van der Waals surface area (Å²) in [6, 6.07) is 6.24. The first-order valence-corrected chi connectivity index (χ1v) is 6.30. The van der Waals surface area contributed by atoms with Crippen molar-refractivity contribution >= 4 is 11.6 Å². The molecule has 0 radical (unpaired) electrons. The van der Waals surface area contributed by atoms with Gasteiger partial charge in [-0.1, -0.05) is 30.7 Å². The standard InChI is InChI=1S/C13H18ClNO/c1-2-11-6-4-8-15(11)9-10-5-3-7-12(14)13(10)16/h3,5,7,11,16H,2,4,6,8-9H2,1H3. The Kier molecular flexibility index (Phi) is 3.72. The molecule has 1 fully saturated rings. The number of hydrogen-bond donors (Lipinski definition) is 1. The SMILES string of the molecule is CCC1CCCN1Cc1cccc(Cl)c1O. The van der Waals surface area contributed by atoms with Crippen LogP contribution >= 0.6 is 11.6 Å². The number of nitrogens with zero attached hydrogens (tertiary/aromatic N) is 1. The Labute approximate surface area is 102 Å². The van der Waals surface area contributed by atoms with Crippen molar-refractivity contribution in [1.82, 2.24) is 4.90 Å². The molecule has 1 aromatic rings. The van der Waals surface area contributed by atoms with Crippen LogP contribution in [0.3, 0.4) is 0 Å². The third-order valence-corrected chi connectivity index (χ3v) is 3.72. The second kappa shape index (κ2) is 5.07. The highest BCUT2D eigenvalue weighted by atomic mass is 35.5. The Balaban J connectivity index is 2.11. The molecule has 0 bridgehead atoms. The Morgan fingerprint density at radius 1 is 1.50 bits per heavy atom. The molecular formula is C13H18ClNO. The molecule has 0 aromatic heterocycles. The quantitative estimate of drug-likeness (QED) is 0.874. The van der Waals surface area contributed by atoms with E-state index in [1.807, 2.05) is 12.1 Å². The van der Waals surface area contributed by atoms with Gasteiger partial charge >= 0.3 is 0 Å². The number of benzene rings is 1. The fourth-order valence-electron chi connectivity index (χ4n) is 2.47. The van der Waals surface area contributed by atoms with Gasteiger partial charge < -0.3 is 5.11 Å². The monoisotopic (exact) mass is 239 g/mol. The number of rotatable bonds is 3. The van der Waals surface area contributed by atoms with E-state index in [0.29, 0.717) is 11.1 Å². The topological polar surface area (TPSA) is 23.5 Å². The molecule has 16 heavy (non-hydrogen) atoms. The predicted octanol–water partition coefficient (Wildman–Crippen LogP) is 3.42. The molecule has 1 N–H and O–H groups in total. The Morgan fingerprint density at radius 3 is 3.06 bits per heavy atom. The predicted molar refractivity (Wildman–Crippen MR) is 66.8 cm³/mol. The van der Waals surface area contributed by atoms with E-state index < -0.39 is 0 Å². The van der Waals surface area contributed by atoms with Gasteiger partial charge in [-0.3, -0.25) is 4.90 Å². The van der Waals surface area contributed by atoms with E-state index in [1.165, 1.54) is 19.3 Å². The summed E-state index contributed by atoms with van der Waals surface area (Å²) in [5, 5.41) is 10.3. The molecule has 3 heteroatoms. The molecule has 2 nitrogen and oxygen atoms in total. The maximum absolute atomic E-state index is 9.86. The first-order valence-electron chi connectivity index (χ1n) is 5.92. The lowest BCUT2D eigenvalue weighted by Gasteiger charge is -2.23. The Hall–Kier alpha value is -0.730. The lowest BCUT2D eigenvalue weighted by molar-refractivity contribution is 0.237. The minimum Gasteiger partial charge on any atom is -0.506 e. The molecule has 0 amide bonds. The van der Waals surface area contributed by atoms with Gasteiger partial charge in [-0.25, -0.2) is 0 Å². The highest BCUT2D eigenvalue weighted by molar-refractivity contribution is 6.32. The lowest BCUT2D eigenvalue weighted by Crippen LogP contribution is -2.28. The number of aromatic hydroxyl groups is 1. The molecular weight excluding hydrogens is 222 g/mol. The molecule has 1 aliphatic heterocycles. The first-order chi connectivity index (χ1) is 7.72. The van der Waals surface area contributed by atoms with Gasteiger partial charge in [-0.05, 0) is 31.9 Å². The van der Waals surface area contributed by atoms with E-state index in [4.69, 9.17) is 11.6 Å². The average molecular weight is 240 g/mol. The van der Waals surface area contributed by atoms with Gasteiger partial charge in [0.2, 0.25) is 0 Å². The molecule has 88 valence electrons. The highest BCUT2D eigenvalue weighted by Crippen LogP contribution is 2.30. The maximum Gasteiger partial charge on any atom is 0.138 e. The van der Waals surface area contributed by atoms with Gasteiger partial charge in [0.05, 0.1) is 5.02 Å². The molecule has 1 heterocycles. The van der Waals surface area contributed by atoms with Crippen molar-refractivity contribution in [2.24, 2.45) is 0 Å². The van der Waals surface area contributed by atoms with E-state index in [0.717, 1.165) is 18.7 Å². The van der Waals surface area contributed by atoms with E-state index in [9.17, 15) is 5.11 Å². The summed E-state index contributed by atoms with van der Waals surface area (Å²) in [5.41, 5.74) is 0.938. The maximum atomic E-state index is 9.86. The second-order valence-corrected chi connectivity index (χ2v) is 4.83. The van der Waals surface area contributed by atoms with Crippen LogP contribution in [0.25, 0.3) is 0 Å². The van der Waals surface area contributed by atoms with Crippen molar-refractivity contribution in [3.8, 4) is 5.75 Å². The molecule has 1 unspecified atom stereocenters. The minimum absolute atomic E-state index is 0.242. The van der Waals surface area contributed by atoms with Gasteiger partial charge in [0.25, 0.3) is 0 Å². The number of phenols is 1. The highest BCUT2D eigenvalue weighted by Gasteiger charge is 2.23. The van der Waals surface area contributed by atoms with Crippen LogP contribution in [-0.4, -0.2) is 22.6 Å². The lowest BCUT2D eigenvalue weighted by atomic mass is 10.1. The van der Waals surface area contributed by atoms with Crippen molar-refractivity contribution in [3.05, 3.63) is 28.8 Å². The zero-order chi connectivity index (χ0) is 11.5. The van der Waals surface area contributed by atoms with E-state index in [2.05, 4.69) is 11.8 Å². The van der Waals surface area contributed by atoms with Crippen LogP contribution < -0.4 is 0 Å². The largest absolute Gasteiger partial charge is 0.506 e. The smallest absolute Gasteiger partial charge is 0.138 e. The van der Waals surface area contributed by atoms with Crippen molar-refractivity contribution in [3.63, 3.8) is 0 Å². The van der Waals surface area contributed by atoms with Crippen LogP contribution in [0.1, 0.15) is 31.7 Å². The van der Waals surface area contributed by atoms with Gasteiger partial charge in [0.1, 0.15) is 5.75 Å². The van der Waals surface area contributed by atoms with Crippen LogP contribution in [0.5, 0.6) is 5.75 Å². The van der Waals surface area contributed by atoms with Gasteiger partial charge in [0, 0.05) is 18.2 Å². The van der Waals surface area contributed by atoms with Crippen LogP contribution in [0.2, 0.25) is 5.02 Å². The molecule has 1 aromatic carbocycles. The van der Waals surface area contributed by atoms with E-state index >= 15 is 0 Å². The summed E-state index contributed by atoms with van der Waals surface area (Å²) in [7, 11) is 0. The molecule has 1 aliphatic rings. The molecule has 0 saturated carbocycles. The number of phenolic OH excluding ortho intramolecular Hbond substituents is 1. The van der Waals surface area contributed by atoms with Crippen LogP contribution in [0.4, 0.5) is 0 Å². The Bertz CT molecular complexity index is 367. The number of likely N-dealkylation sites (tertiary alicyclic amines) is 1. The third kappa shape index (κ3) is 2.33. The summed E-state index contributed by atoms with van der Waals surface area (Å²) >= 11 is 5.90. The molecule has 0 spiro atoms. The summed E-state index contributed by atoms with van der Waals surface area (Å²) < 4.78 is 0. The summed E-state index contributed by atoms with van der Waals surface area (Å²) in [4.78, 5) is 2.44. The van der Waals surface area contributed by atoms with Crippen molar-refractivity contribution in [2.45, 2.75) is 38.8 Å². The molecule has 1 saturated heterocycles. The second-order valence-electron chi connectivity index (χ2n) is 4.42. The number of halogens is 1. The average Bonchev–Trinajstić information content (AvgIpc) is 2.72. The van der Waals surface area contributed by atoms with Crippen molar-refractivity contribution in [1.29, 1.82) is 0 Å². The number of para-hydroxylation sites is 1. The normalized spacial score (nSPS) is 21.5. The number of hydrogen-bond acceptors (Lipinski definition) is 2. The first kappa shape index (κ1) is 11.7. The van der Waals surface area contributed by atoms with Gasteiger partial charge in [0.15, 0.2) is 0 Å². The minimum atomic E-state index is 0.242. The Morgan fingerprint density at radius 2 is 2.31 bits per heavy atom. The molecule has 1 atom stereocenters. The van der Waals surface area contributed by atoms with Crippen LogP contribution in [-0.2, 0) is 6.54 Å². The fraction of sp³-hybridized carbons (Fsp3) is 0.538.